The fourth-order valence-electron chi connectivity index (χ4n) is 0. The molecular weight excluding hydrogens is 199 g/mol. The minimum Gasteiger partial charge on any atom is -0.673 e. The predicted molar refractivity (Wildman–Crippen MR) is 28.4 cm³/mol. The van der Waals surface area contributed by atoms with Gasteiger partial charge in [0.15, 0.2) is 0 Å². The molecule has 0 aliphatic carbocycles. The molecule has 0 amide bonds. The Morgan fingerprint density at radius 1 is 1.00 bits per heavy atom. The molecule has 0 aliphatic heterocycles. The van der Waals surface area contributed by atoms with Crippen molar-refractivity contribution in [3.63, 3.8) is 0 Å². The van der Waals surface area contributed by atoms with Crippen molar-refractivity contribution >= 4 is 11.9 Å². The Bertz CT molecular complexity index is 105. The number of carbonyl (C=O) groups is 2. The number of carbonyl (C=O) groups excluding carboxylic acids is 2. The van der Waals surface area contributed by atoms with Crippen LogP contribution in [0.3, 0.4) is 0 Å². The molecule has 0 aromatic heterocycles. The van der Waals surface area contributed by atoms with Gasteiger partial charge < -0.3 is 31.3 Å². The number of carboxylic acid groups (broad SMARTS) is 2. The zero-order chi connectivity index (χ0) is 8.57. The molecule has 0 spiro atoms. The van der Waals surface area contributed by atoms with E-state index in [-0.39, 0.29) is 16.5 Å². The van der Waals surface area contributed by atoms with Crippen LogP contribution in [0.4, 0.5) is 0 Å². The Morgan fingerprint density at radius 2 is 1.09 bits per heavy atom. The van der Waals surface area contributed by atoms with Gasteiger partial charge in [-0.25, -0.2) is 0 Å². The maximum Gasteiger partial charge on any atom is 2.00 e. The van der Waals surface area contributed by atoms with Crippen LogP contribution >= 0.6 is 0 Å². The van der Waals surface area contributed by atoms with Gasteiger partial charge in [0.1, 0.15) is 0 Å². The maximum absolute atomic E-state index is 9.07. The first-order chi connectivity index (χ1) is 4.54. The summed E-state index contributed by atoms with van der Waals surface area (Å²) < 4.78 is 0. The molecule has 6 nitrogen and oxygen atoms in total. The first-order valence-electron chi connectivity index (χ1n) is 2.23. The standard InChI is InChI=1S/2C2H4NO2.Ni/c2*3-1-2(4)5;/h2*3H,1H2,(H,4,5);/q2*-1;+2/p-2. The van der Waals surface area contributed by atoms with Crippen LogP contribution in [0.25, 0.3) is 11.5 Å². The number of hydrogen-bond acceptors (Lipinski definition) is 4. The van der Waals surface area contributed by atoms with Crippen molar-refractivity contribution < 1.29 is 36.3 Å². The molecule has 0 aromatic carbocycles. The summed E-state index contributed by atoms with van der Waals surface area (Å²) in [4.78, 5) is 18.1. The minimum absolute atomic E-state index is 0. The average molecular weight is 205 g/mol. The predicted octanol–water partition coefficient (Wildman–Crippen LogP) is -2.43. The quantitative estimate of drug-likeness (QED) is 0.464. The van der Waals surface area contributed by atoms with E-state index < -0.39 is 25.0 Å². The third-order valence-corrected chi connectivity index (χ3v) is 0.289. The zero-order valence-electron chi connectivity index (χ0n) is 5.36. The molecular formula is C4H6N2NiO4-2. The first kappa shape index (κ1) is 16.8. The van der Waals surface area contributed by atoms with E-state index in [0.29, 0.717) is 0 Å². The molecule has 7 heteroatoms. The van der Waals surface area contributed by atoms with E-state index in [1.165, 1.54) is 0 Å². The first-order valence-corrected chi connectivity index (χ1v) is 2.23. The summed E-state index contributed by atoms with van der Waals surface area (Å²) in [6.45, 7) is -1.28. The van der Waals surface area contributed by atoms with Gasteiger partial charge in [-0.15, -0.1) is 13.1 Å². The van der Waals surface area contributed by atoms with Crippen molar-refractivity contribution in [1.82, 2.24) is 0 Å². The SMILES string of the molecule is [NH-]CC(=O)[O-].[NH-]CC(=O)[O-].[Ni+2]. The topological polar surface area (TPSA) is 128 Å². The van der Waals surface area contributed by atoms with Gasteiger partial charge >= 0.3 is 16.5 Å². The van der Waals surface area contributed by atoms with E-state index in [2.05, 4.69) is 0 Å². The van der Waals surface area contributed by atoms with Crippen LogP contribution in [0.15, 0.2) is 0 Å². The van der Waals surface area contributed by atoms with Crippen LogP contribution in [0.5, 0.6) is 0 Å². The molecule has 0 bridgehead atoms. The summed E-state index contributed by atoms with van der Waals surface area (Å²) in [5.41, 5.74) is 12.0. The minimum atomic E-state index is -1.33. The van der Waals surface area contributed by atoms with Crippen LogP contribution in [0.1, 0.15) is 0 Å². The van der Waals surface area contributed by atoms with Crippen LogP contribution in [0, 0.1) is 0 Å². The van der Waals surface area contributed by atoms with E-state index in [1.807, 2.05) is 0 Å². The molecule has 0 aliphatic rings. The summed E-state index contributed by atoms with van der Waals surface area (Å²) in [6.07, 6.45) is 0. The van der Waals surface area contributed by atoms with E-state index in [4.69, 9.17) is 31.3 Å². The summed E-state index contributed by atoms with van der Waals surface area (Å²) in [5.74, 6) is -2.66. The van der Waals surface area contributed by atoms with Crippen molar-refractivity contribution in [2.24, 2.45) is 0 Å². The maximum atomic E-state index is 9.07. The second-order valence-corrected chi connectivity index (χ2v) is 1.10. The molecule has 0 unspecified atom stereocenters. The van der Waals surface area contributed by atoms with Crippen molar-refractivity contribution in [3.8, 4) is 0 Å². The Kier molecular flexibility index (Phi) is 18.4. The summed E-state index contributed by atoms with van der Waals surface area (Å²) in [5, 5.41) is 18.1. The summed E-state index contributed by atoms with van der Waals surface area (Å²) >= 11 is 0. The van der Waals surface area contributed by atoms with Gasteiger partial charge in [0.2, 0.25) is 0 Å². The number of nitrogens with one attached hydrogen (secondary N) is 2. The van der Waals surface area contributed by atoms with Crippen LogP contribution in [-0.4, -0.2) is 25.0 Å². The second-order valence-electron chi connectivity index (χ2n) is 1.10. The average Bonchev–Trinajstić information content (AvgIpc) is 1.89. The van der Waals surface area contributed by atoms with E-state index in [9.17, 15) is 0 Å². The smallest absolute Gasteiger partial charge is 0.673 e. The van der Waals surface area contributed by atoms with Crippen LogP contribution in [0.2, 0.25) is 0 Å². The molecule has 68 valence electrons. The normalized spacial score (nSPS) is 6.73. The fraction of sp³-hybridized carbons (Fsp3) is 0.500. The molecule has 0 fully saturated rings. The van der Waals surface area contributed by atoms with Gasteiger partial charge in [-0.1, -0.05) is 0 Å². The number of hydrogen-bond donors (Lipinski definition) is 0. The molecule has 11 heavy (non-hydrogen) atoms. The Balaban J connectivity index is -0.000000107. The van der Waals surface area contributed by atoms with Gasteiger partial charge in [0.25, 0.3) is 0 Å². The number of carboxylic acids is 2. The van der Waals surface area contributed by atoms with Gasteiger partial charge in [0.05, 0.1) is 0 Å². The van der Waals surface area contributed by atoms with E-state index in [0.717, 1.165) is 0 Å². The molecule has 0 heterocycles. The van der Waals surface area contributed by atoms with E-state index in [1.54, 1.807) is 0 Å². The monoisotopic (exact) mass is 204 g/mol. The van der Waals surface area contributed by atoms with Crippen LogP contribution in [-0.2, 0) is 26.1 Å². The fourth-order valence-corrected chi connectivity index (χ4v) is 0. The van der Waals surface area contributed by atoms with E-state index >= 15 is 0 Å². The third kappa shape index (κ3) is 45.0. The third-order valence-electron chi connectivity index (χ3n) is 0.289. The van der Waals surface area contributed by atoms with Gasteiger partial charge in [0, 0.05) is 11.9 Å². The van der Waals surface area contributed by atoms with Gasteiger partial charge in [-0.3, -0.25) is 0 Å². The molecule has 0 saturated heterocycles. The van der Waals surface area contributed by atoms with Crippen molar-refractivity contribution in [2.45, 2.75) is 0 Å². The molecule has 0 radical (unpaired) electrons. The Morgan fingerprint density at radius 3 is 1.09 bits per heavy atom. The largest absolute Gasteiger partial charge is 2.00 e. The summed E-state index contributed by atoms with van der Waals surface area (Å²) in [6, 6.07) is 0. The van der Waals surface area contributed by atoms with Gasteiger partial charge in [-0.05, 0) is 0 Å². The van der Waals surface area contributed by atoms with Crippen molar-refractivity contribution in [2.75, 3.05) is 13.1 Å². The molecule has 0 atom stereocenters. The Labute approximate surface area is 73.5 Å². The molecule has 0 aromatic rings. The van der Waals surface area contributed by atoms with Crippen LogP contribution < -0.4 is 10.2 Å². The van der Waals surface area contributed by atoms with Gasteiger partial charge in [-0.2, -0.15) is 0 Å². The second kappa shape index (κ2) is 12.1. The van der Waals surface area contributed by atoms with Crippen molar-refractivity contribution in [1.29, 1.82) is 0 Å². The number of aliphatic carboxylic acids is 2. The zero-order valence-corrected chi connectivity index (χ0v) is 6.35. The van der Waals surface area contributed by atoms with Crippen molar-refractivity contribution in [3.05, 3.63) is 11.5 Å². The summed E-state index contributed by atoms with van der Waals surface area (Å²) in [7, 11) is 0. The Hall–Kier alpha value is -0.646. The number of rotatable bonds is 2. The molecule has 2 N–H and O–H groups in total. The molecule has 0 rings (SSSR count). The molecule has 0 saturated carbocycles.